The van der Waals surface area contributed by atoms with E-state index in [1.807, 2.05) is 24.3 Å². The highest BCUT2D eigenvalue weighted by molar-refractivity contribution is 5.82. The molecule has 1 saturated carbocycles. The molecule has 0 saturated heterocycles. The molecule has 35 heavy (non-hydrogen) atoms. The molecular formula is C28H34N2O5. The van der Waals surface area contributed by atoms with Gasteiger partial charge in [-0.25, -0.2) is 4.79 Å². The van der Waals surface area contributed by atoms with Gasteiger partial charge in [0.2, 0.25) is 5.91 Å². The number of ether oxygens (including phenoxy) is 1. The third kappa shape index (κ3) is 6.62. The van der Waals surface area contributed by atoms with E-state index < -0.39 is 12.1 Å². The van der Waals surface area contributed by atoms with Crippen LogP contribution in [0.25, 0.3) is 11.1 Å². The molecule has 0 aromatic heterocycles. The monoisotopic (exact) mass is 478 g/mol. The van der Waals surface area contributed by atoms with Crippen molar-refractivity contribution in [1.29, 1.82) is 0 Å². The Bertz CT molecular complexity index is 1010. The summed E-state index contributed by atoms with van der Waals surface area (Å²) < 4.78 is 5.56. The van der Waals surface area contributed by atoms with E-state index in [4.69, 9.17) is 9.84 Å². The minimum absolute atomic E-state index is 0.0322. The first-order valence-electron chi connectivity index (χ1n) is 12.6. The summed E-state index contributed by atoms with van der Waals surface area (Å²) in [4.78, 5) is 35.1. The van der Waals surface area contributed by atoms with Gasteiger partial charge in [-0.1, -0.05) is 67.8 Å². The zero-order valence-corrected chi connectivity index (χ0v) is 20.0. The first kappa shape index (κ1) is 24.8. The molecule has 2 aromatic rings. The first-order chi connectivity index (χ1) is 17.0. The summed E-state index contributed by atoms with van der Waals surface area (Å²) in [6, 6.07) is 16.5. The van der Waals surface area contributed by atoms with Crippen molar-refractivity contribution in [3.63, 3.8) is 0 Å². The molecule has 2 unspecified atom stereocenters. The fourth-order valence-corrected chi connectivity index (χ4v) is 4.93. The summed E-state index contributed by atoms with van der Waals surface area (Å²) in [5, 5.41) is 14.4. The van der Waals surface area contributed by atoms with Crippen molar-refractivity contribution in [3.05, 3.63) is 59.7 Å². The second kappa shape index (κ2) is 11.9. The number of carbonyl (C=O) groups excluding carboxylic acids is 2. The minimum atomic E-state index is -0.746. The summed E-state index contributed by atoms with van der Waals surface area (Å²) in [6.45, 7) is 1.36. The number of carboxylic acids is 1. The third-order valence-corrected chi connectivity index (χ3v) is 6.98. The number of hydrogen-bond acceptors (Lipinski definition) is 4. The fourth-order valence-electron chi connectivity index (χ4n) is 4.93. The third-order valence-electron chi connectivity index (χ3n) is 6.98. The Labute approximate surface area is 206 Å². The van der Waals surface area contributed by atoms with Crippen LogP contribution in [0.5, 0.6) is 0 Å². The highest BCUT2D eigenvalue weighted by Gasteiger charge is 2.42. The van der Waals surface area contributed by atoms with Gasteiger partial charge in [0.1, 0.15) is 6.61 Å². The SMILES string of the molecule is O=C(O)CCCCCCCNC(=O)C1CC1CNC(=O)OCC1c2ccccc2-c2ccccc21. The van der Waals surface area contributed by atoms with Crippen molar-refractivity contribution < 1.29 is 24.2 Å². The Kier molecular flexibility index (Phi) is 8.40. The number of carbonyl (C=O) groups is 3. The summed E-state index contributed by atoms with van der Waals surface area (Å²) in [6.07, 6.45) is 5.05. The van der Waals surface area contributed by atoms with Crippen LogP contribution in [-0.2, 0) is 14.3 Å². The molecule has 7 nitrogen and oxygen atoms in total. The number of benzene rings is 2. The van der Waals surface area contributed by atoms with E-state index in [0.717, 1.165) is 32.1 Å². The zero-order valence-electron chi connectivity index (χ0n) is 20.0. The van der Waals surface area contributed by atoms with Crippen LogP contribution < -0.4 is 10.6 Å². The van der Waals surface area contributed by atoms with Crippen LogP contribution in [0.2, 0.25) is 0 Å². The average molecular weight is 479 g/mol. The topological polar surface area (TPSA) is 105 Å². The van der Waals surface area contributed by atoms with Gasteiger partial charge in [-0.05, 0) is 47.4 Å². The summed E-state index contributed by atoms with van der Waals surface area (Å²) in [5.41, 5.74) is 4.76. The van der Waals surface area contributed by atoms with Gasteiger partial charge >= 0.3 is 12.1 Å². The Morgan fingerprint density at radius 3 is 2.17 bits per heavy atom. The molecule has 0 radical (unpaired) electrons. The van der Waals surface area contributed by atoms with E-state index >= 15 is 0 Å². The van der Waals surface area contributed by atoms with E-state index in [2.05, 4.69) is 34.9 Å². The number of fused-ring (bicyclic) bond motifs is 3. The van der Waals surface area contributed by atoms with Crippen molar-refractivity contribution in [2.75, 3.05) is 19.7 Å². The van der Waals surface area contributed by atoms with Gasteiger partial charge in [-0.2, -0.15) is 0 Å². The molecule has 0 bridgehead atoms. The van der Waals surface area contributed by atoms with E-state index in [1.165, 1.54) is 22.3 Å². The lowest BCUT2D eigenvalue weighted by atomic mass is 9.98. The molecule has 2 atom stereocenters. The van der Waals surface area contributed by atoms with Gasteiger partial charge < -0.3 is 20.5 Å². The summed E-state index contributed by atoms with van der Waals surface area (Å²) in [5.74, 6) is -0.546. The van der Waals surface area contributed by atoms with Crippen LogP contribution in [0.4, 0.5) is 4.79 Å². The standard InChI is InChI=1S/C28H34N2O5/c31-26(32)14-4-2-1-3-9-15-29-27(33)24-16-19(24)17-30-28(34)35-18-25-22-12-7-5-10-20(22)21-11-6-8-13-23(21)25/h5-8,10-13,19,24-25H,1-4,9,14-18H2,(H,29,33)(H,30,34)(H,31,32). The van der Waals surface area contributed by atoms with Gasteiger partial charge in [0.05, 0.1) is 0 Å². The molecule has 0 aliphatic heterocycles. The molecule has 7 heteroatoms. The normalized spacial score (nSPS) is 17.8. The van der Waals surface area contributed by atoms with Crippen LogP contribution in [0.1, 0.15) is 62.0 Å². The minimum Gasteiger partial charge on any atom is -0.481 e. The predicted molar refractivity (Wildman–Crippen MR) is 133 cm³/mol. The molecule has 2 aliphatic rings. The fraction of sp³-hybridized carbons (Fsp3) is 0.464. The summed E-state index contributed by atoms with van der Waals surface area (Å²) in [7, 11) is 0. The lowest BCUT2D eigenvalue weighted by molar-refractivity contribution is -0.137. The number of aliphatic carboxylic acids is 1. The van der Waals surface area contributed by atoms with E-state index in [-0.39, 0.29) is 36.7 Å². The van der Waals surface area contributed by atoms with Gasteiger partial charge in [0, 0.05) is 31.3 Å². The average Bonchev–Trinajstić information content (AvgIpc) is 3.58. The highest BCUT2D eigenvalue weighted by atomic mass is 16.5. The van der Waals surface area contributed by atoms with Gasteiger partial charge in [0.15, 0.2) is 0 Å². The predicted octanol–water partition coefficient (Wildman–Crippen LogP) is 4.70. The molecule has 2 aromatic carbocycles. The van der Waals surface area contributed by atoms with Crippen molar-refractivity contribution >= 4 is 18.0 Å². The van der Waals surface area contributed by atoms with Crippen molar-refractivity contribution in [2.45, 2.75) is 50.9 Å². The lowest BCUT2D eigenvalue weighted by Gasteiger charge is -2.14. The molecule has 4 rings (SSSR count). The maximum atomic E-state index is 12.3. The number of alkyl carbamates (subject to hydrolysis) is 1. The second-order valence-electron chi connectivity index (χ2n) is 9.51. The number of nitrogens with one attached hydrogen (secondary N) is 2. The molecule has 2 amide bonds. The number of carboxylic acid groups (broad SMARTS) is 1. The Balaban J connectivity index is 1.10. The van der Waals surface area contributed by atoms with Crippen molar-refractivity contribution in [3.8, 4) is 11.1 Å². The largest absolute Gasteiger partial charge is 0.481 e. The first-order valence-corrected chi connectivity index (χ1v) is 12.6. The quantitative estimate of drug-likeness (QED) is 0.362. The van der Waals surface area contributed by atoms with Crippen LogP contribution in [-0.4, -0.2) is 42.8 Å². The molecule has 0 heterocycles. The Morgan fingerprint density at radius 1 is 0.857 bits per heavy atom. The second-order valence-corrected chi connectivity index (χ2v) is 9.51. The maximum absolute atomic E-state index is 12.3. The molecule has 0 spiro atoms. The Morgan fingerprint density at radius 2 is 1.49 bits per heavy atom. The lowest BCUT2D eigenvalue weighted by Crippen LogP contribution is -2.30. The number of amides is 2. The van der Waals surface area contributed by atoms with Crippen molar-refractivity contribution in [1.82, 2.24) is 10.6 Å². The maximum Gasteiger partial charge on any atom is 0.407 e. The molecule has 2 aliphatic carbocycles. The van der Waals surface area contributed by atoms with E-state index in [1.54, 1.807) is 0 Å². The van der Waals surface area contributed by atoms with Crippen molar-refractivity contribution in [2.24, 2.45) is 11.8 Å². The molecule has 3 N–H and O–H groups in total. The van der Waals surface area contributed by atoms with Crippen LogP contribution >= 0.6 is 0 Å². The number of unbranched alkanes of at least 4 members (excludes halogenated alkanes) is 4. The molecule has 1 fully saturated rings. The number of hydrogen-bond donors (Lipinski definition) is 3. The highest BCUT2D eigenvalue weighted by Crippen LogP contribution is 2.44. The van der Waals surface area contributed by atoms with E-state index in [0.29, 0.717) is 19.5 Å². The number of rotatable bonds is 13. The molecular weight excluding hydrogens is 444 g/mol. The Hall–Kier alpha value is -3.35. The smallest absolute Gasteiger partial charge is 0.407 e. The summed E-state index contributed by atoms with van der Waals surface area (Å²) >= 11 is 0. The van der Waals surface area contributed by atoms with Gasteiger partial charge in [-0.3, -0.25) is 9.59 Å². The van der Waals surface area contributed by atoms with Gasteiger partial charge in [0.25, 0.3) is 0 Å². The van der Waals surface area contributed by atoms with Crippen LogP contribution in [0.15, 0.2) is 48.5 Å². The van der Waals surface area contributed by atoms with Gasteiger partial charge in [-0.15, -0.1) is 0 Å². The zero-order chi connectivity index (χ0) is 24.6. The van der Waals surface area contributed by atoms with Crippen LogP contribution in [0, 0.1) is 11.8 Å². The van der Waals surface area contributed by atoms with E-state index in [9.17, 15) is 14.4 Å². The molecule has 186 valence electrons. The van der Waals surface area contributed by atoms with Crippen LogP contribution in [0.3, 0.4) is 0 Å².